The van der Waals surface area contributed by atoms with Crippen LogP contribution in [-0.4, -0.2) is 4.92 Å². The Hall–Kier alpha value is -1.26. The topological polar surface area (TPSA) is 95.2 Å². The van der Waals surface area contributed by atoms with Gasteiger partial charge in [0, 0.05) is 6.92 Å². The molecule has 5 nitrogen and oxygen atoms in total. The van der Waals surface area contributed by atoms with Crippen molar-refractivity contribution in [3.05, 3.63) is 21.6 Å². The van der Waals surface area contributed by atoms with Gasteiger partial charge in [0.25, 0.3) is 5.70 Å². The highest BCUT2D eigenvalue weighted by Gasteiger charge is 2.03. The van der Waals surface area contributed by atoms with E-state index in [1.165, 1.54) is 6.92 Å². The maximum absolute atomic E-state index is 9.73. The molecular weight excluding hydrogens is 110 g/mol. The van der Waals surface area contributed by atoms with Gasteiger partial charge in [0.15, 0.2) is 5.82 Å². The second kappa shape index (κ2) is 2.15. The van der Waals surface area contributed by atoms with Crippen LogP contribution in [0.5, 0.6) is 0 Å². The molecule has 8 heavy (non-hydrogen) atoms. The van der Waals surface area contributed by atoms with E-state index in [9.17, 15) is 10.1 Å². The Balaban J connectivity index is 4.23. The maximum atomic E-state index is 9.73. The summed E-state index contributed by atoms with van der Waals surface area (Å²) in [5.41, 5.74) is 9.50. The predicted molar refractivity (Wildman–Crippen MR) is 28.1 cm³/mol. The van der Waals surface area contributed by atoms with Crippen LogP contribution >= 0.6 is 0 Å². The van der Waals surface area contributed by atoms with Crippen LogP contribution in [0.3, 0.4) is 0 Å². The Labute approximate surface area is 46.1 Å². The molecule has 0 unspecified atom stereocenters. The van der Waals surface area contributed by atoms with Crippen LogP contribution in [0.15, 0.2) is 11.5 Å². The number of nitrogens with two attached hydrogens (primary N) is 2. The van der Waals surface area contributed by atoms with Gasteiger partial charge in [0.05, 0.1) is 4.92 Å². The molecule has 0 saturated heterocycles. The van der Waals surface area contributed by atoms with Crippen LogP contribution < -0.4 is 11.5 Å². The number of nitro groups is 1. The molecule has 0 spiro atoms. The average molecular weight is 117 g/mol. The van der Waals surface area contributed by atoms with Gasteiger partial charge in [-0.15, -0.1) is 0 Å². The first-order chi connectivity index (χ1) is 3.55. The standard InChI is InChI=1S/C3H7N3O2/c1-2(3(4)5)6(7)8/h4-5H2,1H3. The van der Waals surface area contributed by atoms with E-state index in [0.717, 1.165) is 0 Å². The molecule has 46 valence electrons. The number of hydrogen-bond donors (Lipinski definition) is 2. The van der Waals surface area contributed by atoms with Gasteiger partial charge >= 0.3 is 0 Å². The summed E-state index contributed by atoms with van der Waals surface area (Å²) in [6, 6.07) is 0. The fourth-order valence-corrected chi connectivity index (χ4v) is 0.105. The Bertz CT molecular complexity index is 135. The van der Waals surface area contributed by atoms with E-state index < -0.39 is 4.92 Å². The monoisotopic (exact) mass is 117 g/mol. The minimum absolute atomic E-state index is 0.204. The summed E-state index contributed by atoms with van der Waals surface area (Å²) < 4.78 is 0. The highest BCUT2D eigenvalue weighted by atomic mass is 16.6. The minimum Gasteiger partial charge on any atom is -0.380 e. The minimum atomic E-state index is -0.630. The molecule has 0 aliphatic rings. The number of rotatable bonds is 1. The first kappa shape index (κ1) is 6.74. The first-order valence-corrected chi connectivity index (χ1v) is 1.92. The molecule has 0 aromatic carbocycles. The normalized spacial score (nSPS) is 8.12. The number of nitrogens with zero attached hydrogens (tertiary/aromatic N) is 1. The molecule has 0 bridgehead atoms. The Morgan fingerprint density at radius 1 is 1.62 bits per heavy atom. The van der Waals surface area contributed by atoms with Gasteiger partial charge in [-0.2, -0.15) is 0 Å². The molecule has 0 saturated carbocycles. The van der Waals surface area contributed by atoms with E-state index in [2.05, 4.69) is 0 Å². The van der Waals surface area contributed by atoms with E-state index in [0.29, 0.717) is 0 Å². The summed E-state index contributed by atoms with van der Waals surface area (Å²) in [6.45, 7) is 1.25. The largest absolute Gasteiger partial charge is 0.380 e. The fraction of sp³-hybridized carbons (Fsp3) is 0.333. The van der Waals surface area contributed by atoms with E-state index in [1.807, 2.05) is 0 Å². The average Bonchev–Trinajstić information content (AvgIpc) is 1.64. The van der Waals surface area contributed by atoms with Crippen molar-refractivity contribution in [2.24, 2.45) is 11.5 Å². The molecule has 4 N–H and O–H groups in total. The predicted octanol–water partition coefficient (Wildman–Crippen LogP) is -0.630. The molecule has 0 aromatic heterocycles. The molecule has 5 heteroatoms. The second-order valence-corrected chi connectivity index (χ2v) is 1.30. The van der Waals surface area contributed by atoms with Gasteiger partial charge in [-0.25, -0.2) is 0 Å². The van der Waals surface area contributed by atoms with Crippen molar-refractivity contribution in [3.8, 4) is 0 Å². The fourth-order valence-electron chi connectivity index (χ4n) is 0.105. The lowest BCUT2D eigenvalue weighted by atomic mass is 10.5. The first-order valence-electron chi connectivity index (χ1n) is 1.92. The Kier molecular flexibility index (Phi) is 1.81. The molecular formula is C3H7N3O2. The lowest BCUT2D eigenvalue weighted by Crippen LogP contribution is -2.14. The van der Waals surface area contributed by atoms with Gasteiger partial charge in [-0.3, -0.25) is 10.1 Å². The third-order valence-electron chi connectivity index (χ3n) is 0.692. The van der Waals surface area contributed by atoms with Crippen molar-refractivity contribution in [3.63, 3.8) is 0 Å². The van der Waals surface area contributed by atoms with Gasteiger partial charge in [-0.05, 0) is 0 Å². The summed E-state index contributed by atoms with van der Waals surface area (Å²) in [7, 11) is 0. The van der Waals surface area contributed by atoms with E-state index in [1.54, 1.807) is 0 Å². The summed E-state index contributed by atoms with van der Waals surface area (Å²) in [6.07, 6.45) is 0. The lowest BCUT2D eigenvalue weighted by molar-refractivity contribution is -0.425. The lowest BCUT2D eigenvalue weighted by Gasteiger charge is -1.89. The third-order valence-corrected chi connectivity index (χ3v) is 0.692. The molecule has 0 aliphatic heterocycles. The SMILES string of the molecule is CC(=C(N)N)[N+](=O)[O-]. The summed E-state index contributed by atoms with van der Waals surface area (Å²) in [4.78, 5) is 9.10. The van der Waals surface area contributed by atoms with Crippen LogP contribution in [0.1, 0.15) is 6.92 Å². The highest BCUT2D eigenvalue weighted by molar-refractivity contribution is 4.94. The van der Waals surface area contributed by atoms with Crippen LogP contribution in [-0.2, 0) is 0 Å². The van der Waals surface area contributed by atoms with Crippen LogP contribution in [0.2, 0.25) is 0 Å². The molecule has 0 rings (SSSR count). The molecule has 0 fully saturated rings. The second-order valence-electron chi connectivity index (χ2n) is 1.30. The zero-order valence-corrected chi connectivity index (χ0v) is 4.42. The zero-order chi connectivity index (χ0) is 6.73. The highest BCUT2D eigenvalue weighted by Crippen LogP contribution is 1.90. The Morgan fingerprint density at radius 2 is 2.00 bits per heavy atom. The number of allylic oxidation sites excluding steroid dienone is 1. The summed E-state index contributed by atoms with van der Waals surface area (Å²) in [5.74, 6) is -0.241. The van der Waals surface area contributed by atoms with Crippen molar-refractivity contribution >= 4 is 0 Å². The molecule has 0 aromatic rings. The van der Waals surface area contributed by atoms with Gasteiger partial charge in [-0.1, -0.05) is 0 Å². The number of hydrogen-bond acceptors (Lipinski definition) is 4. The van der Waals surface area contributed by atoms with Crippen molar-refractivity contribution in [1.29, 1.82) is 0 Å². The zero-order valence-electron chi connectivity index (χ0n) is 4.42. The molecule has 0 heterocycles. The molecule has 0 amide bonds. The molecule has 0 aliphatic carbocycles. The summed E-state index contributed by atoms with van der Waals surface area (Å²) >= 11 is 0. The van der Waals surface area contributed by atoms with Crippen molar-refractivity contribution in [1.82, 2.24) is 0 Å². The van der Waals surface area contributed by atoms with Gasteiger partial charge in [0.1, 0.15) is 0 Å². The van der Waals surface area contributed by atoms with Crippen molar-refractivity contribution in [2.75, 3.05) is 0 Å². The van der Waals surface area contributed by atoms with E-state index in [4.69, 9.17) is 11.5 Å². The van der Waals surface area contributed by atoms with Crippen LogP contribution in [0.4, 0.5) is 0 Å². The third kappa shape index (κ3) is 1.46. The molecule has 0 radical (unpaired) electrons. The smallest absolute Gasteiger partial charge is 0.282 e. The van der Waals surface area contributed by atoms with Crippen molar-refractivity contribution in [2.45, 2.75) is 6.92 Å². The van der Waals surface area contributed by atoms with E-state index in [-0.39, 0.29) is 11.5 Å². The van der Waals surface area contributed by atoms with Crippen molar-refractivity contribution < 1.29 is 4.92 Å². The van der Waals surface area contributed by atoms with Crippen LogP contribution in [0, 0.1) is 10.1 Å². The van der Waals surface area contributed by atoms with Gasteiger partial charge < -0.3 is 11.5 Å². The van der Waals surface area contributed by atoms with Gasteiger partial charge in [0.2, 0.25) is 0 Å². The van der Waals surface area contributed by atoms with Crippen LogP contribution in [0.25, 0.3) is 0 Å². The quantitative estimate of drug-likeness (QED) is 0.353. The van der Waals surface area contributed by atoms with E-state index >= 15 is 0 Å². The maximum Gasteiger partial charge on any atom is 0.282 e. The Morgan fingerprint density at radius 3 is 2.00 bits per heavy atom. The molecule has 0 atom stereocenters. The summed E-state index contributed by atoms with van der Waals surface area (Å²) in [5, 5.41) is 9.73.